The Balaban J connectivity index is 1.54. The molecule has 7 nitrogen and oxygen atoms in total. The van der Waals surface area contributed by atoms with Crippen molar-refractivity contribution in [1.82, 2.24) is 14.8 Å². The van der Waals surface area contributed by atoms with Crippen LogP contribution in [0.4, 0.5) is 0 Å². The number of rotatable bonds is 5. The van der Waals surface area contributed by atoms with Gasteiger partial charge in [-0.3, -0.25) is 9.59 Å². The molecule has 0 spiro atoms. The van der Waals surface area contributed by atoms with Gasteiger partial charge < -0.3 is 14.9 Å². The minimum Gasteiger partial charge on any atom is -0.477 e. The molecule has 0 aliphatic carbocycles. The fourth-order valence-electron chi connectivity index (χ4n) is 3.25. The maximum absolute atomic E-state index is 12.7. The second-order valence-electron chi connectivity index (χ2n) is 6.75. The molecule has 2 heterocycles. The highest BCUT2D eigenvalue weighted by atomic mass is 16.4. The van der Waals surface area contributed by atoms with E-state index in [0.29, 0.717) is 51.0 Å². The van der Waals surface area contributed by atoms with Crippen LogP contribution in [0.15, 0.2) is 48.7 Å². The largest absolute Gasteiger partial charge is 0.477 e. The molecule has 1 fully saturated rings. The molecule has 0 radical (unpaired) electrons. The summed E-state index contributed by atoms with van der Waals surface area (Å²) in [6, 6.07) is 12.7. The van der Waals surface area contributed by atoms with Crippen LogP contribution in [0.2, 0.25) is 0 Å². The SMILES string of the molecule is O=C(O)c1ccc(C(=O)N2CCCN(C(=O)CCc3ccccc3)CC2)cn1. The lowest BCUT2D eigenvalue weighted by Crippen LogP contribution is -2.37. The van der Waals surface area contributed by atoms with Crippen LogP contribution in [0.5, 0.6) is 0 Å². The smallest absolute Gasteiger partial charge is 0.354 e. The molecular weight excluding hydrogens is 358 g/mol. The molecule has 1 aromatic carbocycles. The van der Waals surface area contributed by atoms with E-state index < -0.39 is 5.97 Å². The zero-order valence-electron chi connectivity index (χ0n) is 15.6. The number of nitrogens with zero attached hydrogens (tertiary/aromatic N) is 3. The molecule has 0 saturated carbocycles. The molecule has 0 bridgehead atoms. The van der Waals surface area contributed by atoms with E-state index in [4.69, 9.17) is 5.11 Å². The van der Waals surface area contributed by atoms with Gasteiger partial charge in [0, 0.05) is 38.8 Å². The van der Waals surface area contributed by atoms with Crippen molar-refractivity contribution >= 4 is 17.8 Å². The fourth-order valence-corrected chi connectivity index (χ4v) is 3.25. The number of aryl methyl sites for hydroxylation is 1. The lowest BCUT2D eigenvalue weighted by atomic mass is 10.1. The molecule has 1 aliphatic rings. The van der Waals surface area contributed by atoms with Gasteiger partial charge in [-0.15, -0.1) is 0 Å². The average molecular weight is 381 g/mol. The molecule has 28 heavy (non-hydrogen) atoms. The quantitative estimate of drug-likeness (QED) is 0.856. The van der Waals surface area contributed by atoms with E-state index in [2.05, 4.69) is 4.98 Å². The number of hydrogen-bond donors (Lipinski definition) is 1. The van der Waals surface area contributed by atoms with Crippen LogP contribution < -0.4 is 0 Å². The van der Waals surface area contributed by atoms with Crippen LogP contribution >= 0.6 is 0 Å². The van der Waals surface area contributed by atoms with Crippen LogP contribution in [0.1, 0.15) is 39.3 Å². The first kappa shape index (κ1) is 19.5. The summed E-state index contributed by atoms with van der Waals surface area (Å²) in [6.45, 7) is 2.15. The molecule has 1 saturated heterocycles. The minimum atomic E-state index is -1.13. The summed E-state index contributed by atoms with van der Waals surface area (Å²) in [5.74, 6) is -1.22. The van der Waals surface area contributed by atoms with Crippen molar-refractivity contribution in [2.24, 2.45) is 0 Å². The predicted molar refractivity (Wildman–Crippen MR) is 103 cm³/mol. The third-order valence-corrected chi connectivity index (χ3v) is 4.84. The van der Waals surface area contributed by atoms with Gasteiger partial charge in [-0.05, 0) is 30.5 Å². The molecule has 3 rings (SSSR count). The minimum absolute atomic E-state index is 0.0948. The van der Waals surface area contributed by atoms with Gasteiger partial charge in [0.25, 0.3) is 5.91 Å². The number of amides is 2. The van der Waals surface area contributed by atoms with E-state index in [0.717, 1.165) is 5.56 Å². The van der Waals surface area contributed by atoms with Gasteiger partial charge in [-0.25, -0.2) is 9.78 Å². The van der Waals surface area contributed by atoms with Crippen molar-refractivity contribution in [2.75, 3.05) is 26.2 Å². The maximum Gasteiger partial charge on any atom is 0.354 e. The van der Waals surface area contributed by atoms with E-state index >= 15 is 0 Å². The Morgan fingerprint density at radius 2 is 1.64 bits per heavy atom. The van der Waals surface area contributed by atoms with Gasteiger partial charge in [0.15, 0.2) is 0 Å². The Morgan fingerprint density at radius 3 is 2.32 bits per heavy atom. The number of carboxylic acid groups (broad SMARTS) is 1. The predicted octanol–water partition coefficient (Wildman–Crippen LogP) is 2.09. The summed E-state index contributed by atoms with van der Waals surface area (Å²) in [6.07, 6.45) is 3.17. The van der Waals surface area contributed by atoms with Gasteiger partial charge in [-0.2, -0.15) is 0 Å². The van der Waals surface area contributed by atoms with Crippen LogP contribution in [-0.4, -0.2) is 63.9 Å². The van der Waals surface area contributed by atoms with Crippen LogP contribution in [0, 0.1) is 0 Å². The zero-order chi connectivity index (χ0) is 19.9. The lowest BCUT2D eigenvalue weighted by molar-refractivity contribution is -0.131. The van der Waals surface area contributed by atoms with Crippen LogP contribution in [0.3, 0.4) is 0 Å². The molecule has 0 unspecified atom stereocenters. The van der Waals surface area contributed by atoms with Crippen molar-refractivity contribution in [3.05, 3.63) is 65.5 Å². The topological polar surface area (TPSA) is 90.8 Å². The highest BCUT2D eigenvalue weighted by Gasteiger charge is 2.23. The summed E-state index contributed by atoms with van der Waals surface area (Å²) in [5.41, 5.74) is 1.40. The van der Waals surface area contributed by atoms with Crippen molar-refractivity contribution < 1.29 is 19.5 Å². The number of carbonyl (C=O) groups excluding carboxylic acids is 2. The number of carboxylic acids is 1. The molecule has 7 heteroatoms. The summed E-state index contributed by atoms with van der Waals surface area (Å²) in [7, 11) is 0. The lowest BCUT2D eigenvalue weighted by Gasteiger charge is -2.22. The van der Waals surface area contributed by atoms with E-state index in [-0.39, 0.29) is 17.5 Å². The summed E-state index contributed by atoms with van der Waals surface area (Å²) in [4.78, 5) is 43.4. The number of carbonyl (C=O) groups is 3. The first-order valence-corrected chi connectivity index (χ1v) is 9.35. The maximum atomic E-state index is 12.7. The Bertz CT molecular complexity index is 836. The molecular formula is C21H23N3O4. The van der Waals surface area contributed by atoms with Crippen molar-refractivity contribution in [2.45, 2.75) is 19.3 Å². The van der Waals surface area contributed by atoms with E-state index in [1.54, 1.807) is 4.90 Å². The van der Waals surface area contributed by atoms with Crippen LogP contribution in [0.25, 0.3) is 0 Å². The zero-order valence-corrected chi connectivity index (χ0v) is 15.6. The second-order valence-corrected chi connectivity index (χ2v) is 6.75. The number of benzene rings is 1. The fraction of sp³-hybridized carbons (Fsp3) is 0.333. The third kappa shape index (κ3) is 4.94. The molecule has 146 valence electrons. The molecule has 2 amide bonds. The van der Waals surface area contributed by atoms with E-state index in [9.17, 15) is 14.4 Å². The third-order valence-electron chi connectivity index (χ3n) is 4.84. The monoisotopic (exact) mass is 381 g/mol. The summed E-state index contributed by atoms with van der Waals surface area (Å²) in [5, 5.41) is 8.90. The standard InChI is InChI=1S/C21H23N3O4/c25-19(10-7-16-5-2-1-3-6-16)23-11-4-12-24(14-13-23)20(26)17-8-9-18(21(27)28)22-15-17/h1-3,5-6,8-9,15H,4,7,10-14H2,(H,27,28). The number of pyridine rings is 1. The van der Waals surface area contributed by atoms with Gasteiger partial charge in [0.2, 0.25) is 5.91 Å². The highest BCUT2D eigenvalue weighted by Crippen LogP contribution is 2.11. The van der Waals surface area contributed by atoms with Gasteiger partial charge in [0.05, 0.1) is 5.56 Å². The number of aromatic nitrogens is 1. The summed E-state index contributed by atoms with van der Waals surface area (Å²) < 4.78 is 0. The van der Waals surface area contributed by atoms with Gasteiger partial charge in [-0.1, -0.05) is 30.3 Å². The Kier molecular flexibility index (Phi) is 6.37. The molecule has 2 aromatic rings. The van der Waals surface area contributed by atoms with E-state index in [1.807, 2.05) is 35.2 Å². The van der Waals surface area contributed by atoms with Crippen LogP contribution in [-0.2, 0) is 11.2 Å². The Morgan fingerprint density at radius 1 is 0.929 bits per heavy atom. The number of hydrogen-bond acceptors (Lipinski definition) is 4. The summed E-state index contributed by atoms with van der Waals surface area (Å²) >= 11 is 0. The Hall–Kier alpha value is -3.22. The first-order valence-electron chi connectivity index (χ1n) is 9.35. The molecule has 1 aliphatic heterocycles. The highest BCUT2D eigenvalue weighted by molar-refractivity contribution is 5.95. The first-order chi connectivity index (χ1) is 13.5. The Labute approximate surface area is 163 Å². The number of aromatic carboxylic acids is 1. The van der Waals surface area contributed by atoms with Gasteiger partial charge in [0.1, 0.15) is 5.69 Å². The molecule has 0 atom stereocenters. The molecule has 1 aromatic heterocycles. The molecule has 1 N–H and O–H groups in total. The normalized spacial score (nSPS) is 14.4. The van der Waals surface area contributed by atoms with Crippen molar-refractivity contribution in [1.29, 1.82) is 0 Å². The van der Waals surface area contributed by atoms with Crippen molar-refractivity contribution in [3.8, 4) is 0 Å². The van der Waals surface area contributed by atoms with Gasteiger partial charge >= 0.3 is 5.97 Å². The van der Waals surface area contributed by atoms with E-state index in [1.165, 1.54) is 18.3 Å². The average Bonchev–Trinajstić information content (AvgIpc) is 2.98. The van der Waals surface area contributed by atoms with Crippen molar-refractivity contribution in [3.63, 3.8) is 0 Å². The second kappa shape index (κ2) is 9.12.